The zero-order valence-electron chi connectivity index (χ0n) is 20.3. The van der Waals surface area contributed by atoms with E-state index in [9.17, 15) is 13.2 Å². The van der Waals surface area contributed by atoms with Crippen LogP contribution in [0.15, 0.2) is 72.9 Å². The number of rotatable bonds is 4. The zero-order valence-corrected chi connectivity index (χ0v) is 21.1. The first kappa shape index (κ1) is 23.0. The van der Waals surface area contributed by atoms with Crippen molar-refractivity contribution < 1.29 is 13.2 Å². The van der Waals surface area contributed by atoms with Gasteiger partial charge in [0.05, 0.1) is 22.9 Å². The van der Waals surface area contributed by atoms with Crippen LogP contribution in [-0.2, 0) is 21.3 Å². The summed E-state index contributed by atoms with van der Waals surface area (Å²) >= 11 is 0. The number of amides is 2. The molecule has 3 aromatic heterocycles. The highest BCUT2D eigenvalue weighted by Gasteiger charge is 2.33. The Balaban J connectivity index is 1.41. The van der Waals surface area contributed by atoms with Crippen molar-refractivity contribution in [3.8, 4) is 16.9 Å². The first-order valence-corrected chi connectivity index (χ1v) is 13.6. The summed E-state index contributed by atoms with van der Waals surface area (Å²) in [6.45, 7) is 3.98. The van der Waals surface area contributed by atoms with Gasteiger partial charge in [-0.15, -0.1) is 0 Å². The summed E-state index contributed by atoms with van der Waals surface area (Å²) < 4.78 is 28.0. The number of hydrogen-bond donors (Lipinski definition) is 2. The Morgan fingerprint density at radius 2 is 1.62 bits per heavy atom. The molecule has 0 aliphatic carbocycles. The topological polar surface area (TPSA) is 110 Å². The molecular weight excluding hydrogens is 488 g/mol. The van der Waals surface area contributed by atoms with E-state index in [4.69, 9.17) is 4.98 Å². The van der Waals surface area contributed by atoms with Crippen molar-refractivity contribution in [3.63, 3.8) is 0 Å². The van der Waals surface area contributed by atoms with Crippen molar-refractivity contribution in [1.29, 1.82) is 0 Å². The standard InChI is InChI=1S/C27H24N6O3S/c1-17-10-12-19(13-11-17)23-26(32-14-6-7-18(2)24(32)28-23)30-27(34)29-25-21-15-37(35,36)16-22(21)31-33(25)20-8-4-3-5-9-20/h3-14H,15-16H2,1-2H3,(H2,29,30,34). The number of fused-ring (bicyclic) bond motifs is 2. The number of sulfone groups is 1. The van der Waals surface area contributed by atoms with E-state index in [0.717, 1.165) is 28.0 Å². The van der Waals surface area contributed by atoms with E-state index in [1.54, 1.807) is 4.68 Å². The highest BCUT2D eigenvalue weighted by atomic mass is 32.2. The second-order valence-electron chi connectivity index (χ2n) is 9.19. The number of carbonyl (C=O) groups is 1. The second kappa shape index (κ2) is 8.59. The number of hydrogen-bond acceptors (Lipinski definition) is 5. The molecule has 5 aromatic rings. The predicted molar refractivity (Wildman–Crippen MR) is 143 cm³/mol. The average molecular weight is 513 g/mol. The molecule has 4 heterocycles. The number of aromatic nitrogens is 4. The van der Waals surface area contributed by atoms with Gasteiger partial charge < -0.3 is 0 Å². The summed E-state index contributed by atoms with van der Waals surface area (Å²) in [4.78, 5) is 18.3. The van der Waals surface area contributed by atoms with Gasteiger partial charge in [-0.25, -0.2) is 22.9 Å². The van der Waals surface area contributed by atoms with Gasteiger partial charge in [0, 0.05) is 17.3 Å². The van der Waals surface area contributed by atoms with E-state index in [1.165, 1.54) is 0 Å². The minimum atomic E-state index is -3.31. The van der Waals surface area contributed by atoms with Crippen molar-refractivity contribution in [2.75, 3.05) is 10.6 Å². The lowest BCUT2D eigenvalue weighted by atomic mass is 10.1. The largest absolute Gasteiger partial charge is 0.326 e. The van der Waals surface area contributed by atoms with Crippen molar-refractivity contribution in [2.24, 2.45) is 0 Å². The lowest BCUT2D eigenvalue weighted by Gasteiger charge is -2.13. The number of carbonyl (C=O) groups excluding carboxylic acids is 1. The maximum atomic E-state index is 13.4. The Hall–Kier alpha value is -4.44. The lowest BCUT2D eigenvalue weighted by molar-refractivity contribution is 0.262. The molecule has 1 aliphatic heterocycles. The number of urea groups is 1. The van der Waals surface area contributed by atoms with Crippen LogP contribution in [-0.4, -0.2) is 33.6 Å². The van der Waals surface area contributed by atoms with Crippen LogP contribution < -0.4 is 10.6 Å². The van der Waals surface area contributed by atoms with E-state index >= 15 is 0 Å². The van der Waals surface area contributed by atoms with Gasteiger partial charge >= 0.3 is 6.03 Å². The summed E-state index contributed by atoms with van der Waals surface area (Å²) in [6.07, 6.45) is 1.85. The van der Waals surface area contributed by atoms with Crippen LogP contribution in [0.2, 0.25) is 0 Å². The molecule has 1 aliphatic rings. The van der Waals surface area contributed by atoms with Gasteiger partial charge in [0.1, 0.15) is 23.0 Å². The molecule has 0 bridgehead atoms. The molecular formula is C27H24N6O3S. The molecule has 37 heavy (non-hydrogen) atoms. The SMILES string of the molecule is Cc1ccc(-c2nc3c(C)cccn3c2NC(=O)Nc2c3c(nn2-c2ccccc2)CS(=O)(=O)C3)cc1. The van der Waals surface area contributed by atoms with Gasteiger partial charge in [0.2, 0.25) is 0 Å². The molecule has 2 amide bonds. The fourth-order valence-corrected chi connectivity index (χ4v) is 6.10. The lowest BCUT2D eigenvalue weighted by Crippen LogP contribution is -2.23. The molecule has 0 fully saturated rings. The first-order valence-electron chi connectivity index (χ1n) is 11.8. The maximum absolute atomic E-state index is 13.4. The number of pyridine rings is 1. The minimum Gasteiger partial charge on any atom is -0.292 e. The van der Waals surface area contributed by atoms with Gasteiger partial charge in [-0.05, 0) is 37.6 Å². The molecule has 0 unspecified atom stereocenters. The van der Waals surface area contributed by atoms with Crippen LogP contribution >= 0.6 is 0 Å². The van der Waals surface area contributed by atoms with E-state index in [0.29, 0.717) is 28.6 Å². The number of aryl methyl sites for hydroxylation is 2. The zero-order chi connectivity index (χ0) is 25.7. The van der Waals surface area contributed by atoms with E-state index < -0.39 is 15.9 Å². The van der Waals surface area contributed by atoms with Crippen molar-refractivity contribution in [2.45, 2.75) is 25.4 Å². The minimum absolute atomic E-state index is 0.150. The monoisotopic (exact) mass is 512 g/mol. The Kier molecular flexibility index (Phi) is 5.34. The maximum Gasteiger partial charge on any atom is 0.326 e. The Morgan fingerprint density at radius 3 is 2.38 bits per heavy atom. The van der Waals surface area contributed by atoms with Gasteiger partial charge in [-0.1, -0.05) is 54.1 Å². The van der Waals surface area contributed by atoms with E-state index in [1.807, 2.05) is 91.2 Å². The van der Waals surface area contributed by atoms with Crippen LogP contribution in [0.1, 0.15) is 22.4 Å². The van der Waals surface area contributed by atoms with Crippen LogP contribution in [0.5, 0.6) is 0 Å². The van der Waals surface area contributed by atoms with Gasteiger partial charge in [-0.3, -0.25) is 15.0 Å². The summed E-state index contributed by atoms with van der Waals surface area (Å²) in [5.41, 5.74) is 5.99. The highest BCUT2D eigenvalue weighted by molar-refractivity contribution is 7.90. The summed E-state index contributed by atoms with van der Waals surface area (Å²) in [5.74, 6) is 0.522. The number of anilines is 2. The first-order chi connectivity index (χ1) is 17.8. The van der Waals surface area contributed by atoms with Gasteiger partial charge in [-0.2, -0.15) is 5.10 Å². The van der Waals surface area contributed by atoms with Crippen LogP contribution in [0.3, 0.4) is 0 Å². The van der Waals surface area contributed by atoms with Crippen LogP contribution in [0.25, 0.3) is 22.6 Å². The number of nitrogens with zero attached hydrogens (tertiary/aromatic N) is 4. The van der Waals surface area contributed by atoms with Crippen LogP contribution in [0.4, 0.5) is 16.4 Å². The average Bonchev–Trinajstić information content (AvgIpc) is 3.49. The van der Waals surface area contributed by atoms with Crippen molar-refractivity contribution in [3.05, 3.63) is 95.3 Å². The summed E-state index contributed by atoms with van der Waals surface area (Å²) in [7, 11) is -3.31. The molecule has 0 radical (unpaired) electrons. The Bertz CT molecular complexity index is 1770. The third kappa shape index (κ3) is 4.15. The van der Waals surface area contributed by atoms with E-state index in [-0.39, 0.29) is 11.5 Å². The second-order valence-corrected chi connectivity index (χ2v) is 11.3. The molecule has 2 aromatic carbocycles. The molecule has 0 spiro atoms. The smallest absolute Gasteiger partial charge is 0.292 e. The molecule has 0 saturated heterocycles. The quantitative estimate of drug-likeness (QED) is 0.357. The third-order valence-electron chi connectivity index (χ3n) is 6.42. The third-order valence-corrected chi connectivity index (χ3v) is 7.86. The van der Waals surface area contributed by atoms with Gasteiger partial charge in [0.15, 0.2) is 9.84 Å². The molecule has 186 valence electrons. The number of benzene rings is 2. The number of para-hydroxylation sites is 1. The van der Waals surface area contributed by atoms with E-state index in [2.05, 4.69) is 15.7 Å². The molecule has 0 atom stereocenters. The molecule has 6 rings (SSSR count). The predicted octanol–water partition coefficient (Wildman–Crippen LogP) is 4.88. The van der Waals surface area contributed by atoms with Crippen molar-refractivity contribution in [1.82, 2.24) is 19.2 Å². The Morgan fingerprint density at radius 1 is 0.892 bits per heavy atom. The molecule has 10 heteroatoms. The summed E-state index contributed by atoms with van der Waals surface area (Å²) in [6, 6.07) is 20.6. The fraction of sp³-hybridized carbons (Fsp3) is 0.148. The number of imidazole rings is 1. The van der Waals surface area contributed by atoms with Gasteiger partial charge in [0.25, 0.3) is 0 Å². The normalized spacial score (nSPS) is 14.0. The van der Waals surface area contributed by atoms with Crippen molar-refractivity contribution >= 4 is 33.2 Å². The molecule has 2 N–H and O–H groups in total. The molecule has 0 saturated carbocycles. The molecule has 9 nitrogen and oxygen atoms in total. The Labute approximate surface area is 213 Å². The number of nitrogens with one attached hydrogen (secondary N) is 2. The highest BCUT2D eigenvalue weighted by Crippen LogP contribution is 2.34. The summed E-state index contributed by atoms with van der Waals surface area (Å²) in [5, 5.41) is 10.4. The fourth-order valence-electron chi connectivity index (χ4n) is 4.61. The van der Waals surface area contributed by atoms with Crippen LogP contribution in [0, 0.1) is 13.8 Å².